The standard InChI is InChI=1S/C9H12ClNO/c1-3-12-9-4-7(2)11-8(5-9)6-10/h4-5H,3,6H2,1-2H3. The smallest absolute Gasteiger partial charge is 0.122 e. The minimum absolute atomic E-state index is 0.432. The van der Waals surface area contributed by atoms with E-state index in [-0.39, 0.29) is 0 Å². The second-order valence-corrected chi connectivity index (χ2v) is 2.77. The van der Waals surface area contributed by atoms with E-state index in [9.17, 15) is 0 Å². The Morgan fingerprint density at radius 2 is 2.25 bits per heavy atom. The van der Waals surface area contributed by atoms with E-state index in [0.29, 0.717) is 12.5 Å². The predicted molar refractivity (Wildman–Crippen MR) is 49.7 cm³/mol. The van der Waals surface area contributed by atoms with Gasteiger partial charge in [-0.2, -0.15) is 0 Å². The molecule has 0 spiro atoms. The summed E-state index contributed by atoms with van der Waals surface area (Å²) in [5.41, 5.74) is 1.80. The van der Waals surface area contributed by atoms with E-state index >= 15 is 0 Å². The highest BCUT2D eigenvalue weighted by Crippen LogP contribution is 2.14. The van der Waals surface area contributed by atoms with Crippen LogP contribution in [0.4, 0.5) is 0 Å². The molecule has 0 aliphatic rings. The SMILES string of the molecule is CCOc1cc(C)nc(CCl)c1. The molecule has 1 aromatic heterocycles. The predicted octanol–water partition coefficient (Wildman–Crippen LogP) is 2.53. The van der Waals surface area contributed by atoms with E-state index in [1.54, 1.807) is 0 Å². The highest BCUT2D eigenvalue weighted by molar-refractivity contribution is 6.16. The van der Waals surface area contributed by atoms with Crippen molar-refractivity contribution < 1.29 is 4.74 Å². The van der Waals surface area contributed by atoms with E-state index < -0.39 is 0 Å². The summed E-state index contributed by atoms with van der Waals surface area (Å²) < 4.78 is 5.33. The number of hydrogen-bond acceptors (Lipinski definition) is 2. The molecule has 0 N–H and O–H groups in total. The quantitative estimate of drug-likeness (QED) is 0.676. The molecule has 3 heteroatoms. The van der Waals surface area contributed by atoms with Crippen molar-refractivity contribution in [2.24, 2.45) is 0 Å². The van der Waals surface area contributed by atoms with Gasteiger partial charge in [-0.25, -0.2) is 0 Å². The molecule has 0 fully saturated rings. The van der Waals surface area contributed by atoms with Crippen LogP contribution >= 0.6 is 11.6 Å². The van der Waals surface area contributed by atoms with Crippen LogP contribution in [0.25, 0.3) is 0 Å². The van der Waals surface area contributed by atoms with Gasteiger partial charge in [0.25, 0.3) is 0 Å². The van der Waals surface area contributed by atoms with Gasteiger partial charge in [-0.15, -0.1) is 11.6 Å². The summed E-state index contributed by atoms with van der Waals surface area (Å²) in [6.07, 6.45) is 0. The monoisotopic (exact) mass is 185 g/mol. The van der Waals surface area contributed by atoms with E-state index in [4.69, 9.17) is 16.3 Å². The Bertz CT molecular complexity index is 263. The molecule has 0 bridgehead atoms. The zero-order valence-corrected chi connectivity index (χ0v) is 8.06. The van der Waals surface area contributed by atoms with Crippen molar-refractivity contribution in [3.63, 3.8) is 0 Å². The first-order valence-corrected chi connectivity index (χ1v) is 4.46. The van der Waals surface area contributed by atoms with Crippen molar-refractivity contribution in [2.45, 2.75) is 19.7 Å². The molecular formula is C9H12ClNO. The zero-order valence-electron chi connectivity index (χ0n) is 7.30. The van der Waals surface area contributed by atoms with Gasteiger partial charge in [0.1, 0.15) is 5.75 Å². The molecule has 0 radical (unpaired) electrons. The van der Waals surface area contributed by atoms with E-state index in [2.05, 4.69) is 4.98 Å². The Kier molecular flexibility index (Phi) is 3.35. The third kappa shape index (κ3) is 2.38. The van der Waals surface area contributed by atoms with Crippen molar-refractivity contribution in [1.82, 2.24) is 4.98 Å². The number of pyridine rings is 1. The summed E-state index contributed by atoms with van der Waals surface area (Å²) in [7, 11) is 0. The number of hydrogen-bond donors (Lipinski definition) is 0. The van der Waals surface area contributed by atoms with Crippen LogP contribution in [0.1, 0.15) is 18.3 Å². The van der Waals surface area contributed by atoms with Crippen LogP contribution < -0.4 is 4.74 Å². The summed E-state index contributed by atoms with van der Waals surface area (Å²) in [5.74, 6) is 1.28. The first-order chi connectivity index (χ1) is 5.76. The molecule has 0 aliphatic carbocycles. The van der Waals surface area contributed by atoms with Crippen molar-refractivity contribution >= 4 is 11.6 Å². The topological polar surface area (TPSA) is 22.1 Å². The highest BCUT2D eigenvalue weighted by atomic mass is 35.5. The molecular weight excluding hydrogens is 174 g/mol. The van der Waals surface area contributed by atoms with Crippen LogP contribution in [0, 0.1) is 6.92 Å². The average molecular weight is 186 g/mol. The van der Waals surface area contributed by atoms with Gasteiger partial charge in [-0.1, -0.05) is 0 Å². The number of rotatable bonds is 3. The Morgan fingerprint density at radius 3 is 2.83 bits per heavy atom. The number of aromatic nitrogens is 1. The molecule has 0 amide bonds. The molecule has 0 unspecified atom stereocenters. The fourth-order valence-electron chi connectivity index (χ4n) is 1.02. The lowest BCUT2D eigenvalue weighted by atomic mass is 10.3. The van der Waals surface area contributed by atoms with Crippen molar-refractivity contribution in [3.05, 3.63) is 23.5 Å². The molecule has 0 aliphatic heterocycles. The fourth-order valence-corrected chi connectivity index (χ4v) is 1.16. The second-order valence-electron chi connectivity index (χ2n) is 2.50. The zero-order chi connectivity index (χ0) is 8.97. The van der Waals surface area contributed by atoms with Gasteiger partial charge < -0.3 is 4.74 Å². The Balaban J connectivity index is 2.90. The van der Waals surface area contributed by atoms with Crippen LogP contribution in [0.15, 0.2) is 12.1 Å². The molecule has 1 heterocycles. The molecule has 66 valence electrons. The second kappa shape index (κ2) is 4.31. The van der Waals surface area contributed by atoms with Crippen LogP contribution in [0.2, 0.25) is 0 Å². The maximum absolute atomic E-state index is 5.65. The molecule has 0 atom stereocenters. The normalized spacial score (nSPS) is 9.92. The summed E-state index contributed by atoms with van der Waals surface area (Å²) in [6.45, 7) is 4.56. The third-order valence-electron chi connectivity index (χ3n) is 1.43. The minimum atomic E-state index is 0.432. The first-order valence-electron chi connectivity index (χ1n) is 3.92. The number of alkyl halides is 1. The van der Waals surface area contributed by atoms with Crippen molar-refractivity contribution in [1.29, 1.82) is 0 Å². The van der Waals surface area contributed by atoms with E-state index in [1.165, 1.54) is 0 Å². The van der Waals surface area contributed by atoms with Gasteiger partial charge in [0.05, 0.1) is 18.2 Å². The summed E-state index contributed by atoms with van der Waals surface area (Å²) in [4.78, 5) is 4.22. The van der Waals surface area contributed by atoms with Gasteiger partial charge in [0.15, 0.2) is 0 Å². The Hall–Kier alpha value is -0.760. The Morgan fingerprint density at radius 1 is 1.50 bits per heavy atom. The lowest BCUT2D eigenvalue weighted by Crippen LogP contribution is -1.95. The van der Waals surface area contributed by atoms with Gasteiger partial charge in [0.2, 0.25) is 0 Å². The molecule has 1 aromatic rings. The summed E-state index contributed by atoms with van der Waals surface area (Å²) >= 11 is 5.65. The lowest BCUT2D eigenvalue weighted by Gasteiger charge is -2.05. The summed E-state index contributed by atoms with van der Waals surface area (Å²) in [5, 5.41) is 0. The van der Waals surface area contributed by atoms with Crippen LogP contribution in [0.5, 0.6) is 5.75 Å². The van der Waals surface area contributed by atoms with Gasteiger partial charge in [-0.05, 0) is 13.8 Å². The number of ether oxygens (including phenoxy) is 1. The average Bonchev–Trinajstić information content (AvgIpc) is 2.04. The number of nitrogens with zero attached hydrogens (tertiary/aromatic N) is 1. The lowest BCUT2D eigenvalue weighted by molar-refractivity contribution is 0.339. The third-order valence-corrected chi connectivity index (χ3v) is 1.70. The van der Waals surface area contributed by atoms with Crippen molar-refractivity contribution in [2.75, 3.05) is 6.61 Å². The number of aryl methyl sites for hydroxylation is 1. The molecule has 2 nitrogen and oxygen atoms in total. The largest absolute Gasteiger partial charge is 0.494 e. The fraction of sp³-hybridized carbons (Fsp3) is 0.444. The van der Waals surface area contributed by atoms with Crippen LogP contribution in [0.3, 0.4) is 0 Å². The van der Waals surface area contributed by atoms with Gasteiger partial charge in [0, 0.05) is 17.8 Å². The molecule has 0 saturated carbocycles. The Labute approximate surface area is 77.5 Å². The first kappa shape index (κ1) is 9.33. The van der Waals surface area contributed by atoms with Crippen LogP contribution in [-0.2, 0) is 5.88 Å². The molecule has 0 aromatic carbocycles. The maximum Gasteiger partial charge on any atom is 0.122 e. The van der Waals surface area contributed by atoms with Gasteiger partial charge in [-0.3, -0.25) is 4.98 Å². The molecule has 1 rings (SSSR count). The van der Waals surface area contributed by atoms with Gasteiger partial charge >= 0.3 is 0 Å². The number of halogens is 1. The maximum atomic E-state index is 5.65. The highest BCUT2D eigenvalue weighted by Gasteiger charge is 1.98. The van der Waals surface area contributed by atoms with E-state index in [1.807, 2.05) is 26.0 Å². The summed E-state index contributed by atoms with van der Waals surface area (Å²) in [6, 6.07) is 3.77. The molecule has 12 heavy (non-hydrogen) atoms. The minimum Gasteiger partial charge on any atom is -0.494 e. The van der Waals surface area contributed by atoms with Crippen LogP contribution in [-0.4, -0.2) is 11.6 Å². The van der Waals surface area contributed by atoms with Crippen molar-refractivity contribution in [3.8, 4) is 5.75 Å². The molecule has 0 saturated heterocycles. The van der Waals surface area contributed by atoms with E-state index in [0.717, 1.165) is 17.1 Å².